The quantitative estimate of drug-likeness (QED) is 0.891. The number of carbonyl (C=O) groups excluding carboxylic acids is 1. The fraction of sp³-hybridized carbons (Fsp3) is 0.571. The highest BCUT2D eigenvalue weighted by Crippen LogP contribution is 2.48. The molecule has 1 aromatic heterocycles. The van der Waals surface area contributed by atoms with Crippen molar-refractivity contribution in [3.05, 3.63) is 18.3 Å². The van der Waals surface area contributed by atoms with Crippen molar-refractivity contribution < 1.29 is 9.53 Å². The lowest BCUT2D eigenvalue weighted by Gasteiger charge is -2.20. The number of pyridine rings is 1. The molecule has 0 aromatic carbocycles. The summed E-state index contributed by atoms with van der Waals surface area (Å²) in [6.07, 6.45) is 6.51. The molecular formula is C14H18N2O2. The van der Waals surface area contributed by atoms with Crippen LogP contribution >= 0.6 is 0 Å². The van der Waals surface area contributed by atoms with E-state index in [1.54, 1.807) is 19.4 Å². The van der Waals surface area contributed by atoms with Gasteiger partial charge in [0.15, 0.2) is 0 Å². The maximum absolute atomic E-state index is 12.2. The van der Waals surface area contributed by atoms with E-state index in [-0.39, 0.29) is 11.8 Å². The van der Waals surface area contributed by atoms with Gasteiger partial charge in [-0.3, -0.25) is 4.79 Å². The van der Waals surface area contributed by atoms with E-state index < -0.39 is 0 Å². The number of methoxy groups -OCH3 is 1. The van der Waals surface area contributed by atoms with Crippen molar-refractivity contribution >= 4 is 11.6 Å². The van der Waals surface area contributed by atoms with E-state index in [2.05, 4.69) is 10.3 Å². The predicted octanol–water partition coefficient (Wildman–Crippen LogP) is 2.46. The van der Waals surface area contributed by atoms with E-state index >= 15 is 0 Å². The molecule has 0 spiro atoms. The Labute approximate surface area is 107 Å². The van der Waals surface area contributed by atoms with E-state index in [1.165, 1.54) is 19.3 Å². The molecule has 1 N–H and O–H groups in total. The highest BCUT2D eigenvalue weighted by molar-refractivity contribution is 5.92. The van der Waals surface area contributed by atoms with E-state index in [0.29, 0.717) is 11.8 Å². The van der Waals surface area contributed by atoms with Gasteiger partial charge in [0.25, 0.3) is 0 Å². The SMILES string of the molecule is COc1ccc(NC(=O)[C@H]2C[C@H]3CC[C@H]2C3)cn1. The zero-order valence-electron chi connectivity index (χ0n) is 10.6. The van der Waals surface area contributed by atoms with Crippen LogP contribution in [0.25, 0.3) is 0 Å². The second-order valence-corrected chi connectivity index (χ2v) is 5.36. The molecule has 3 atom stereocenters. The number of anilines is 1. The summed E-state index contributed by atoms with van der Waals surface area (Å²) in [6, 6.07) is 3.59. The number of hydrogen-bond donors (Lipinski definition) is 1. The van der Waals surface area contributed by atoms with Gasteiger partial charge in [-0.15, -0.1) is 0 Å². The summed E-state index contributed by atoms with van der Waals surface area (Å²) in [4.78, 5) is 16.3. The average Bonchev–Trinajstić information content (AvgIpc) is 3.02. The maximum atomic E-state index is 12.2. The van der Waals surface area contributed by atoms with Crippen LogP contribution in [0.4, 0.5) is 5.69 Å². The van der Waals surface area contributed by atoms with Gasteiger partial charge in [-0.1, -0.05) is 6.42 Å². The molecule has 0 saturated heterocycles. The number of fused-ring (bicyclic) bond motifs is 2. The molecule has 0 radical (unpaired) electrons. The number of aromatic nitrogens is 1. The van der Waals surface area contributed by atoms with Gasteiger partial charge in [-0.25, -0.2) is 4.98 Å². The Kier molecular flexibility index (Phi) is 2.94. The minimum absolute atomic E-state index is 0.161. The van der Waals surface area contributed by atoms with Crippen molar-refractivity contribution in [2.45, 2.75) is 25.7 Å². The number of carbonyl (C=O) groups is 1. The molecule has 0 aliphatic heterocycles. The summed E-state index contributed by atoms with van der Waals surface area (Å²) in [7, 11) is 1.58. The van der Waals surface area contributed by atoms with Crippen LogP contribution < -0.4 is 10.1 Å². The molecule has 2 aliphatic rings. The molecule has 3 rings (SSSR count). The first-order valence-electron chi connectivity index (χ1n) is 6.57. The van der Waals surface area contributed by atoms with Crippen molar-refractivity contribution in [3.63, 3.8) is 0 Å². The molecule has 1 aromatic rings. The standard InChI is InChI=1S/C14H18N2O2/c1-18-13-5-4-11(8-15-13)16-14(17)12-7-9-2-3-10(12)6-9/h4-5,8-10,12H,2-3,6-7H2,1H3,(H,16,17)/t9-,10-,12-/m0/s1. The highest BCUT2D eigenvalue weighted by Gasteiger charge is 2.42. The first-order valence-corrected chi connectivity index (χ1v) is 6.57. The summed E-state index contributed by atoms with van der Waals surface area (Å²) in [5, 5.41) is 2.96. The van der Waals surface area contributed by atoms with Crippen LogP contribution in [-0.4, -0.2) is 18.0 Å². The smallest absolute Gasteiger partial charge is 0.227 e. The maximum Gasteiger partial charge on any atom is 0.227 e. The van der Waals surface area contributed by atoms with Crippen LogP contribution in [-0.2, 0) is 4.79 Å². The molecule has 2 saturated carbocycles. The molecule has 0 unspecified atom stereocenters. The van der Waals surface area contributed by atoms with Gasteiger partial charge in [0.1, 0.15) is 0 Å². The molecule has 2 aliphatic carbocycles. The van der Waals surface area contributed by atoms with Gasteiger partial charge in [0, 0.05) is 12.0 Å². The number of hydrogen-bond acceptors (Lipinski definition) is 3. The van der Waals surface area contributed by atoms with Crippen molar-refractivity contribution in [2.75, 3.05) is 12.4 Å². The largest absolute Gasteiger partial charge is 0.481 e. The molecule has 4 nitrogen and oxygen atoms in total. The van der Waals surface area contributed by atoms with Crippen LogP contribution in [0.5, 0.6) is 5.88 Å². The van der Waals surface area contributed by atoms with Crippen LogP contribution in [0.2, 0.25) is 0 Å². The lowest BCUT2D eigenvalue weighted by atomic mass is 9.88. The Morgan fingerprint density at radius 2 is 2.28 bits per heavy atom. The van der Waals surface area contributed by atoms with E-state index in [0.717, 1.165) is 18.0 Å². The minimum atomic E-state index is 0.161. The summed E-state index contributed by atoms with van der Waals surface area (Å²) in [5.41, 5.74) is 0.753. The Bertz CT molecular complexity index is 444. The summed E-state index contributed by atoms with van der Waals surface area (Å²) < 4.78 is 4.99. The molecule has 1 amide bonds. The zero-order chi connectivity index (χ0) is 12.5. The molecular weight excluding hydrogens is 228 g/mol. The highest BCUT2D eigenvalue weighted by atomic mass is 16.5. The lowest BCUT2D eigenvalue weighted by Crippen LogP contribution is -2.27. The van der Waals surface area contributed by atoms with Gasteiger partial charge in [0.05, 0.1) is 19.0 Å². The van der Waals surface area contributed by atoms with Crippen LogP contribution in [0, 0.1) is 17.8 Å². The van der Waals surface area contributed by atoms with Crippen molar-refractivity contribution in [1.29, 1.82) is 0 Å². The molecule has 1 heterocycles. The predicted molar refractivity (Wildman–Crippen MR) is 68.4 cm³/mol. The van der Waals surface area contributed by atoms with Gasteiger partial charge in [-0.05, 0) is 37.2 Å². The number of amides is 1. The number of nitrogens with zero attached hydrogens (tertiary/aromatic N) is 1. The zero-order valence-corrected chi connectivity index (χ0v) is 10.6. The van der Waals surface area contributed by atoms with E-state index in [4.69, 9.17) is 4.74 Å². The van der Waals surface area contributed by atoms with Crippen molar-refractivity contribution in [1.82, 2.24) is 4.98 Å². The molecule has 2 bridgehead atoms. The van der Waals surface area contributed by atoms with Crippen LogP contribution in [0.1, 0.15) is 25.7 Å². The third-order valence-electron chi connectivity index (χ3n) is 4.29. The molecule has 18 heavy (non-hydrogen) atoms. The third kappa shape index (κ3) is 2.07. The second-order valence-electron chi connectivity index (χ2n) is 5.36. The number of ether oxygens (including phenoxy) is 1. The first kappa shape index (κ1) is 11.5. The molecule has 2 fully saturated rings. The van der Waals surface area contributed by atoms with Gasteiger partial charge < -0.3 is 10.1 Å². The normalized spacial score (nSPS) is 29.3. The fourth-order valence-electron chi connectivity index (χ4n) is 3.38. The van der Waals surface area contributed by atoms with Gasteiger partial charge in [-0.2, -0.15) is 0 Å². The lowest BCUT2D eigenvalue weighted by molar-refractivity contribution is -0.121. The van der Waals surface area contributed by atoms with Crippen LogP contribution in [0.3, 0.4) is 0 Å². The summed E-state index contributed by atoms with van der Waals surface area (Å²) in [5.74, 6) is 2.34. The summed E-state index contributed by atoms with van der Waals surface area (Å²) >= 11 is 0. The van der Waals surface area contributed by atoms with Crippen molar-refractivity contribution in [3.8, 4) is 5.88 Å². The van der Waals surface area contributed by atoms with Gasteiger partial charge >= 0.3 is 0 Å². The Balaban J connectivity index is 1.63. The summed E-state index contributed by atoms with van der Waals surface area (Å²) in [6.45, 7) is 0. The van der Waals surface area contributed by atoms with E-state index in [9.17, 15) is 4.79 Å². The number of nitrogens with one attached hydrogen (secondary N) is 1. The third-order valence-corrected chi connectivity index (χ3v) is 4.29. The Hall–Kier alpha value is -1.58. The van der Waals surface area contributed by atoms with Crippen molar-refractivity contribution in [2.24, 2.45) is 17.8 Å². The topological polar surface area (TPSA) is 51.2 Å². The Morgan fingerprint density at radius 3 is 2.83 bits per heavy atom. The van der Waals surface area contributed by atoms with Gasteiger partial charge in [0.2, 0.25) is 11.8 Å². The minimum Gasteiger partial charge on any atom is -0.481 e. The molecule has 96 valence electrons. The van der Waals surface area contributed by atoms with E-state index in [1.807, 2.05) is 6.07 Å². The average molecular weight is 246 g/mol. The monoisotopic (exact) mass is 246 g/mol. The number of rotatable bonds is 3. The van der Waals surface area contributed by atoms with Crippen LogP contribution in [0.15, 0.2) is 18.3 Å². The Morgan fingerprint density at radius 1 is 1.39 bits per heavy atom. The second kappa shape index (κ2) is 4.59. The fourth-order valence-corrected chi connectivity index (χ4v) is 3.38. The molecule has 4 heteroatoms. The first-order chi connectivity index (χ1) is 8.76.